The average Bonchev–Trinajstić information content (AvgIpc) is 2.89. The van der Waals surface area contributed by atoms with Crippen molar-refractivity contribution < 1.29 is 0 Å². The van der Waals surface area contributed by atoms with E-state index in [1.165, 1.54) is 29.7 Å². The van der Waals surface area contributed by atoms with Crippen LogP contribution in [0.3, 0.4) is 0 Å². The maximum absolute atomic E-state index is 4.19. The maximum atomic E-state index is 4.19. The normalized spacial score (nSPS) is 18.8. The monoisotopic (exact) mass is 287 g/mol. The molecular formula is C18H25NS. The summed E-state index contributed by atoms with van der Waals surface area (Å²) < 4.78 is 0. The minimum absolute atomic E-state index is 0.461. The fourth-order valence-electron chi connectivity index (χ4n) is 2.89. The van der Waals surface area contributed by atoms with Crippen LogP contribution in [0.2, 0.25) is 0 Å². The number of rotatable bonds is 6. The van der Waals surface area contributed by atoms with Crippen molar-refractivity contribution in [3.63, 3.8) is 0 Å². The van der Waals surface area contributed by atoms with Gasteiger partial charge in [-0.15, -0.1) is 11.3 Å². The van der Waals surface area contributed by atoms with Gasteiger partial charge in [-0.2, -0.15) is 0 Å². The first-order chi connectivity index (χ1) is 9.67. The van der Waals surface area contributed by atoms with Gasteiger partial charge >= 0.3 is 0 Å². The van der Waals surface area contributed by atoms with Crippen LogP contribution in [0.4, 0.5) is 0 Å². The molecule has 0 radical (unpaired) electrons. The molecule has 108 valence electrons. The molecule has 1 aliphatic heterocycles. The molecule has 0 saturated heterocycles. The van der Waals surface area contributed by atoms with Crippen molar-refractivity contribution in [2.45, 2.75) is 52.1 Å². The summed E-state index contributed by atoms with van der Waals surface area (Å²) in [6.45, 7) is 13.4. The molecule has 0 amide bonds. The van der Waals surface area contributed by atoms with Crippen LogP contribution in [0.5, 0.6) is 0 Å². The summed E-state index contributed by atoms with van der Waals surface area (Å²) in [4.78, 5) is 4.00. The van der Waals surface area contributed by atoms with Gasteiger partial charge in [-0.25, -0.2) is 0 Å². The van der Waals surface area contributed by atoms with Gasteiger partial charge in [0.25, 0.3) is 0 Å². The van der Waals surface area contributed by atoms with Crippen molar-refractivity contribution in [3.8, 4) is 0 Å². The molecule has 1 nitrogen and oxygen atoms in total. The third-order valence-electron chi connectivity index (χ3n) is 4.00. The molecule has 2 heteroatoms. The molecule has 1 atom stereocenters. The molecule has 20 heavy (non-hydrogen) atoms. The Morgan fingerprint density at radius 2 is 2.35 bits per heavy atom. The molecule has 1 aromatic rings. The molecule has 0 N–H and O–H groups in total. The molecule has 0 aromatic carbocycles. The fraction of sp³-hybridized carbons (Fsp3) is 0.444. The van der Waals surface area contributed by atoms with E-state index in [9.17, 15) is 0 Å². The van der Waals surface area contributed by atoms with Crippen LogP contribution in [-0.4, -0.2) is 10.9 Å². The fourth-order valence-corrected chi connectivity index (χ4v) is 3.83. The van der Waals surface area contributed by atoms with E-state index in [1.807, 2.05) is 17.4 Å². The van der Waals surface area contributed by atoms with Crippen LogP contribution in [0.1, 0.15) is 43.6 Å². The highest BCUT2D eigenvalue weighted by Crippen LogP contribution is 2.34. The summed E-state index contributed by atoms with van der Waals surface area (Å²) in [7, 11) is 0. The first kappa shape index (κ1) is 15.1. The number of unbranched alkanes of at least 4 members (excludes halogenated alkanes) is 1. The summed E-state index contributed by atoms with van der Waals surface area (Å²) in [5, 5.41) is 2.21. The largest absolute Gasteiger partial charge is 0.364 e. The van der Waals surface area contributed by atoms with Crippen LogP contribution >= 0.6 is 11.3 Å². The van der Waals surface area contributed by atoms with E-state index in [1.54, 1.807) is 4.88 Å². The van der Waals surface area contributed by atoms with Gasteiger partial charge in [0.05, 0.1) is 6.04 Å². The van der Waals surface area contributed by atoms with Gasteiger partial charge in [0.1, 0.15) is 0 Å². The summed E-state index contributed by atoms with van der Waals surface area (Å²) in [5.41, 5.74) is 4.14. The Bertz CT molecular complexity index is 509. The van der Waals surface area contributed by atoms with Crippen LogP contribution < -0.4 is 0 Å². The van der Waals surface area contributed by atoms with Crippen LogP contribution in [-0.2, 0) is 13.0 Å². The van der Waals surface area contributed by atoms with Gasteiger partial charge < -0.3 is 4.90 Å². The van der Waals surface area contributed by atoms with Crippen LogP contribution in [0.15, 0.2) is 48.0 Å². The number of hydrogen-bond donors (Lipinski definition) is 0. The molecule has 0 spiro atoms. The number of fused-ring (bicyclic) bond motifs is 1. The van der Waals surface area contributed by atoms with Crippen molar-refractivity contribution in [1.29, 1.82) is 0 Å². The van der Waals surface area contributed by atoms with E-state index in [0.717, 1.165) is 19.4 Å². The van der Waals surface area contributed by atoms with Crippen LogP contribution in [0.25, 0.3) is 0 Å². The van der Waals surface area contributed by atoms with Crippen molar-refractivity contribution in [2.75, 3.05) is 0 Å². The van der Waals surface area contributed by atoms with Crippen molar-refractivity contribution in [1.82, 2.24) is 4.90 Å². The molecule has 2 rings (SSSR count). The van der Waals surface area contributed by atoms with Gasteiger partial charge in [-0.05, 0) is 42.3 Å². The van der Waals surface area contributed by atoms with Gasteiger partial charge in [0.15, 0.2) is 0 Å². The quantitative estimate of drug-likeness (QED) is 0.641. The number of allylic oxidation sites excluding steroid dienone is 3. The molecule has 1 aliphatic rings. The predicted molar refractivity (Wildman–Crippen MR) is 90.0 cm³/mol. The number of thiophene rings is 1. The zero-order chi connectivity index (χ0) is 14.5. The summed E-state index contributed by atoms with van der Waals surface area (Å²) in [5.74, 6) is 0. The topological polar surface area (TPSA) is 3.24 Å². The van der Waals surface area contributed by atoms with Crippen molar-refractivity contribution >= 4 is 11.3 Å². The van der Waals surface area contributed by atoms with Crippen molar-refractivity contribution in [3.05, 3.63) is 58.5 Å². The third kappa shape index (κ3) is 3.24. The first-order valence-electron chi connectivity index (χ1n) is 7.46. The second kappa shape index (κ2) is 6.94. The van der Waals surface area contributed by atoms with E-state index in [0.29, 0.717) is 6.04 Å². The molecule has 2 heterocycles. The lowest BCUT2D eigenvalue weighted by atomic mass is 9.91. The minimum Gasteiger partial charge on any atom is -0.364 e. The SMILES string of the molecule is C=C/C=C(\CCCC)C1Cc2sccc2CN1C(=C)C. The molecule has 1 unspecified atom stereocenters. The van der Waals surface area contributed by atoms with E-state index in [-0.39, 0.29) is 0 Å². The first-order valence-corrected chi connectivity index (χ1v) is 8.34. The highest BCUT2D eigenvalue weighted by molar-refractivity contribution is 7.10. The van der Waals surface area contributed by atoms with Crippen molar-refractivity contribution in [2.24, 2.45) is 0 Å². The number of hydrogen-bond acceptors (Lipinski definition) is 2. The van der Waals surface area contributed by atoms with E-state index in [2.05, 4.69) is 49.4 Å². The molecule has 0 fully saturated rings. The molecular weight excluding hydrogens is 262 g/mol. The van der Waals surface area contributed by atoms with Gasteiger partial charge in [0.2, 0.25) is 0 Å². The van der Waals surface area contributed by atoms with E-state index < -0.39 is 0 Å². The Labute approximate surface area is 127 Å². The summed E-state index contributed by atoms with van der Waals surface area (Å²) >= 11 is 1.89. The zero-order valence-electron chi connectivity index (χ0n) is 12.7. The van der Waals surface area contributed by atoms with Gasteiger partial charge in [-0.1, -0.05) is 38.7 Å². The predicted octanol–water partition coefficient (Wildman–Crippen LogP) is 5.31. The third-order valence-corrected chi connectivity index (χ3v) is 4.99. The summed E-state index contributed by atoms with van der Waals surface area (Å²) in [6.07, 6.45) is 8.91. The van der Waals surface area contributed by atoms with Gasteiger partial charge in [0, 0.05) is 23.5 Å². The minimum atomic E-state index is 0.461. The lowest BCUT2D eigenvalue weighted by molar-refractivity contribution is 0.253. The summed E-state index contributed by atoms with van der Waals surface area (Å²) in [6, 6.07) is 2.72. The standard InChI is InChI=1S/C18H25NS/c1-5-7-9-15(8-6-2)17-12-18-16(10-11-20-18)13-19(17)14(3)4/h6,8,10-11,17H,2-3,5,7,9,12-13H2,1,4H3/b15-8+. The number of nitrogens with zero attached hydrogens (tertiary/aromatic N) is 1. The molecule has 1 aromatic heterocycles. The van der Waals surface area contributed by atoms with Gasteiger partial charge in [-0.3, -0.25) is 0 Å². The highest BCUT2D eigenvalue weighted by Gasteiger charge is 2.28. The average molecular weight is 287 g/mol. The Morgan fingerprint density at radius 3 is 3.00 bits per heavy atom. The lowest BCUT2D eigenvalue weighted by Crippen LogP contribution is -2.39. The Hall–Kier alpha value is -1.28. The lowest BCUT2D eigenvalue weighted by Gasteiger charge is -2.39. The van der Waals surface area contributed by atoms with Crippen LogP contribution in [0, 0.1) is 0 Å². The smallest absolute Gasteiger partial charge is 0.0554 e. The Balaban J connectivity index is 2.28. The Morgan fingerprint density at radius 1 is 1.55 bits per heavy atom. The second-order valence-corrected chi connectivity index (χ2v) is 6.53. The second-order valence-electron chi connectivity index (χ2n) is 5.53. The zero-order valence-corrected chi connectivity index (χ0v) is 13.5. The van der Waals surface area contributed by atoms with E-state index >= 15 is 0 Å². The maximum Gasteiger partial charge on any atom is 0.0554 e. The molecule has 0 bridgehead atoms. The highest BCUT2D eigenvalue weighted by atomic mass is 32.1. The molecule has 0 saturated carbocycles. The van der Waals surface area contributed by atoms with E-state index in [4.69, 9.17) is 0 Å². The Kier molecular flexibility index (Phi) is 5.24. The molecule has 0 aliphatic carbocycles.